The fourth-order valence-electron chi connectivity index (χ4n) is 5.52. The highest BCUT2D eigenvalue weighted by Crippen LogP contribution is 2.33. The maximum Gasteiger partial charge on any atom is 0.451 e. The number of nitrogens with one attached hydrogen (secondary N) is 1. The number of pyridine rings is 1. The van der Waals surface area contributed by atoms with E-state index < -0.39 is 48.3 Å². The van der Waals surface area contributed by atoms with E-state index in [4.69, 9.17) is 9.72 Å². The molecule has 2 aromatic heterocycles. The van der Waals surface area contributed by atoms with Crippen molar-refractivity contribution in [3.05, 3.63) is 59.7 Å². The minimum atomic E-state index is -4.73. The molecule has 47 heavy (non-hydrogen) atoms. The molecule has 4 heterocycles. The number of hydrogen-bond acceptors (Lipinski definition) is 8. The summed E-state index contributed by atoms with van der Waals surface area (Å²) in [4.78, 5) is 42.9. The maximum atomic E-state index is 13.9. The third kappa shape index (κ3) is 8.97. The maximum absolute atomic E-state index is 13.9. The molecule has 0 saturated carbocycles. The van der Waals surface area contributed by atoms with E-state index in [0.717, 1.165) is 12.4 Å². The van der Waals surface area contributed by atoms with Crippen LogP contribution in [0.25, 0.3) is 10.9 Å². The van der Waals surface area contributed by atoms with Gasteiger partial charge in [0, 0.05) is 87.6 Å². The molecule has 0 unspecified atom stereocenters. The zero-order valence-electron chi connectivity index (χ0n) is 26.3. The number of hydrogen-bond donors (Lipinski definition) is 1. The molecule has 2 aliphatic rings. The Labute approximate surface area is 276 Å². The third-order valence-electron chi connectivity index (χ3n) is 7.95. The average molecular weight is 684 g/mol. The van der Waals surface area contributed by atoms with E-state index in [1.807, 2.05) is 25.7 Å². The van der Waals surface area contributed by atoms with E-state index in [1.54, 1.807) is 40.1 Å². The lowest BCUT2D eigenvalue weighted by Gasteiger charge is -2.37. The fraction of sp³-hybridized carbons (Fsp3) is 0.516. The Kier molecular flexibility index (Phi) is 10.8. The van der Waals surface area contributed by atoms with Crippen LogP contribution in [0.1, 0.15) is 61.4 Å². The number of carbonyl (C=O) groups excluding carboxylic acids is 2. The Balaban J connectivity index is 0.00000500. The number of likely N-dealkylation sites (tertiary alicyclic amines) is 1. The molecule has 0 radical (unpaired) electrons. The second kappa shape index (κ2) is 14.1. The van der Waals surface area contributed by atoms with Crippen molar-refractivity contribution in [2.75, 3.05) is 50.7 Å². The lowest BCUT2D eigenvalue weighted by Crippen LogP contribution is -2.50. The van der Waals surface area contributed by atoms with Crippen LogP contribution < -0.4 is 10.2 Å². The number of halogens is 5. The summed E-state index contributed by atoms with van der Waals surface area (Å²) in [6, 6.07) is 7.99. The van der Waals surface area contributed by atoms with Gasteiger partial charge >= 0.3 is 12.3 Å². The van der Waals surface area contributed by atoms with Gasteiger partial charge in [-0.15, -0.1) is 0 Å². The summed E-state index contributed by atoms with van der Waals surface area (Å²) in [5.41, 5.74) is 0.597. The number of carbonyl (C=O) groups is 2. The molecule has 2 aliphatic heterocycles. The molecule has 3 aromatic rings. The van der Waals surface area contributed by atoms with E-state index in [1.165, 1.54) is 0 Å². The van der Waals surface area contributed by atoms with E-state index in [-0.39, 0.29) is 44.8 Å². The summed E-state index contributed by atoms with van der Waals surface area (Å²) < 4.78 is 72.4. The lowest BCUT2D eigenvalue weighted by atomic mass is 10.0. The fourth-order valence-corrected chi connectivity index (χ4v) is 5.52. The van der Waals surface area contributed by atoms with Gasteiger partial charge in [0.15, 0.2) is 0 Å². The molecule has 256 valence electrons. The van der Waals surface area contributed by atoms with Gasteiger partial charge in [0.25, 0.3) is 11.8 Å². The Morgan fingerprint density at radius 3 is 2.19 bits per heavy atom. The van der Waals surface area contributed by atoms with E-state index in [0.29, 0.717) is 48.5 Å². The molecule has 1 N–H and O–H groups in total. The summed E-state index contributed by atoms with van der Waals surface area (Å²) in [6.45, 7) is 7.41. The number of piperazine rings is 1. The van der Waals surface area contributed by atoms with Gasteiger partial charge in [-0.2, -0.15) is 26.7 Å². The van der Waals surface area contributed by atoms with Crippen LogP contribution in [0.2, 0.25) is 0 Å². The van der Waals surface area contributed by atoms with Crippen LogP contribution in [-0.2, 0) is 10.9 Å². The first kappa shape index (κ1) is 36.1. The Bertz CT molecular complexity index is 1550. The molecule has 16 heteroatoms. The smallest absolute Gasteiger partial charge is 0.444 e. The predicted octanol–water partition coefficient (Wildman–Crippen LogP) is 5.42. The molecule has 2 fully saturated rings. The number of fused-ring (bicyclic) bond motifs is 1. The summed E-state index contributed by atoms with van der Waals surface area (Å²) in [5.74, 6) is -3.90. The average Bonchev–Trinajstić information content (AvgIpc) is 3.00. The van der Waals surface area contributed by atoms with Crippen LogP contribution in [0.5, 0.6) is 0 Å². The minimum absolute atomic E-state index is 0. The van der Waals surface area contributed by atoms with E-state index in [9.17, 15) is 31.5 Å². The van der Waals surface area contributed by atoms with Gasteiger partial charge in [0.2, 0.25) is 5.82 Å². The Morgan fingerprint density at radius 1 is 0.957 bits per heavy atom. The van der Waals surface area contributed by atoms with Crippen molar-refractivity contribution in [2.45, 2.75) is 57.4 Å². The first-order valence-electron chi connectivity index (χ1n) is 15.0. The first-order valence-corrected chi connectivity index (χ1v) is 15.0. The van der Waals surface area contributed by atoms with Gasteiger partial charge < -0.3 is 19.9 Å². The Morgan fingerprint density at radius 2 is 1.60 bits per heavy atom. The topological polar surface area (TPSA) is 104 Å². The zero-order valence-corrected chi connectivity index (χ0v) is 27.3. The van der Waals surface area contributed by atoms with Gasteiger partial charge in [-0.3, -0.25) is 9.69 Å². The highest BCUT2D eigenvalue weighted by molar-refractivity contribution is 7.59. The normalized spacial score (nSPS) is 18.0. The molecule has 0 bridgehead atoms. The molecule has 2 saturated heterocycles. The first-order chi connectivity index (χ1) is 21.6. The number of benzene rings is 1. The highest BCUT2D eigenvalue weighted by Gasteiger charge is 2.38. The van der Waals surface area contributed by atoms with Crippen molar-refractivity contribution in [2.24, 2.45) is 0 Å². The van der Waals surface area contributed by atoms with Crippen LogP contribution in [0.15, 0.2) is 42.7 Å². The van der Waals surface area contributed by atoms with Gasteiger partial charge in [0.1, 0.15) is 11.4 Å². The van der Waals surface area contributed by atoms with Crippen molar-refractivity contribution in [3.8, 4) is 0 Å². The molecule has 10 nitrogen and oxygen atoms in total. The van der Waals surface area contributed by atoms with Gasteiger partial charge in [-0.1, -0.05) is 6.07 Å². The van der Waals surface area contributed by atoms with Crippen molar-refractivity contribution >= 4 is 42.2 Å². The summed E-state index contributed by atoms with van der Waals surface area (Å²) in [7, 11) is 0. The summed E-state index contributed by atoms with van der Waals surface area (Å²) in [6.07, 6.45) is -3.86. The molecular formula is C31H38F5N7O3S. The number of alkyl halides is 5. The summed E-state index contributed by atoms with van der Waals surface area (Å²) in [5, 5.41) is 3.41. The number of ether oxygens (including phenoxy) is 1. The van der Waals surface area contributed by atoms with Gasteiger partial charge in [-0.25, -0.2) is 28.5 Å². The molecule has 1 aromatic carbocycles. The van der Waals surface area contributed by atoms with Gasteiger partial charge in [0.05, 0.1) is 11.6 Å². The van der Waals surface area contributed by atoms with Crippen molar-refractivity contribution < 1.29 is 36.3 Å². The zero-order chi connectivity index (χ0) is 33.3. The SMILES string of the molecule is CC(C)(C)OC(=O)N1CCN(c2ccc3c(C(=O)NC[C@H](c4cnc(C(F)(F)F)nc4)N4CCC(F)(F)CC4)cccc3n2)CC1.S. The number of nitrogens with zero attached hydrogens (tertiary/aromatic N) is 6. The lowest BCUT2D eigenvalue weighted by molar-refractivity contribution is -0.145. The van der Waals surface area contributed by atoms with E-state index >= 15 is 0 Å². The van der Waals surface area contributed by atoms with Crippen molar-refractivity contribution in [1.82, 2.24) is 30.1 Å². The third-order valence-corrected chi connectivity index (χ3v) is 7.95. The van der Waals surface area contributed by atoms with Crippen LogP contribution in [0.4, 0.5) is 32.6 Å². The van der Waals surface area contributed by atoms with E-state index in [2.05, 4.69) is 15.3 Å². The number of anilines is 1. The second-order valence-corrected chi connectivity index (χ2v) is 12.5. The number of aromatic nitrogens is 3. The van der Waals surface area contributed by atoms with Crippen molar-refractivity contribution in [1.29, 1.82) is 0 Å². The van der Waals surface area contributed by atoms with Gasteiger partial charge in [-0.05, 0) is 45.0 Å². The van der Waals surface area contributed by atoms with Crippen LogP contribution >= 0.6 is 13.5 Å². The molecule has 5 rings (SSSR count). The summed E-state index contributed by atoms with van der Waals surface area (Å²) >= 11 is 0. The standard InChI is InChI=1S/C31H36F5N7O3.H2S/c1-29(2,3)46-28(45)43-15-13-42(14-16-43)25-8-7-21-22(5-4-6-23(21)40-25)26(44)37-19-24(41-11-9-30(32,33)10-12-41)20-17-38-27(39-18-20)31(34,35)36;/h4-8,17-18,24H,9-16,19H2,1-3H3,(H,37,44);1H2/t24-;/m1./s1. The number of piperidine rings is 1. The van der Waals surface area contributed by atoms with Crippen LogP contribution in [0, 0.1) is 0 Å². The molecule has 2 amide bonds. The van der Waals surface area contributed by atoms with Crippen molar-refractivity contribution in [3.63, 3.8) is 0 Å². The second-order valence-electron chi connectivity index (χ2n) is 12.5. The highest BCUT2D eigenvalue weighted by atomic mass is 32.1. The largest absolute Gasteiger partial charge is 0.451 e. The Hall–Kier alpha value is -3.79. The monoisotopic (exact) mass is 683 g/mol. The van der Waals surface area contributed by atoms with Crippen LogP contribution in [0.3, 0.4) is 0 Å². The molecular weight excluding hydrogens is 645 g/mol. The minimum Gasteiger partial charge on any atom is -0.444 e. The molecule has 0 spiro atoms. The predicted molar refractivity (Wildman–Crippen MR) is 170 cm³/mol. The number of rotatable bonds is 6. The number of amides is 2. The quantitative estimate of drug-likeness (QED) is 0.344. The molecule has 1 atom stereocenters. The molecule has 0 aliphatic carbocycles. The van der Waals surface area contributed by atoms with Crippen LogP contribution in [-0.4, -0.2) is 94.1 Å².